The zero-order valence-corrected chi connectivity index (χ0v) is 27.9. The Morgan fingerprint density at radius 3 is 2.00 bits per heavy atom. The molecule has 0 aliphatic carbocycles. The van der Waals surface area contributed by atoms with Crippen molar-refractivity contribution in [3.63, 3.8) is 0 Å². The van der Waals surface area contributed by atoms with Gasteiger partial charge in [0.2, 0.25) is 0 Å². The molecule has 238 valence electrons. The average molecular weight is 671 g/mol. The van der Waals surface area contributed by atoms with Crippen molar-refractivity contribution in [2.45, 2.75) is 0 Å². The van der Waals surface area contributed by atoms with E-state index in [-0.39, 0.29) is 0 Å². The Labute approximate surface area is 295 Å². The summed E-state index contributed by atoms with van der Waals surface area (Å²) in [4.78, 5) is 15.3. The molecule has 0 saturated carbocycles. The molecule has 51 heavy (non-hydrogen) atoms. The van der Waals surface area contributed by atoms with Gasteiger partial charge in [-0.1, -0.05) is 103 Å². The first-order valence-electron chi connectivity index (χ1n) is 16.9. The van der Waals surface area contributed by atoms with Gasteiger partial charge in [-0.05, 0) is 54.6 Å². The largest absolute Gasteiger partial charge is 0.455 e. The van der Waals surface area contributed by atoms with Crippen LogP contribution in [0.3, 0.4) is 0 Å². The number of benzene rings is 7. The molecule has 5 nitrogen and oxygen atoms in total. The van der Waals surface area contributed by atoms with Crippen LogP contribution < -0.4 is 0 Å². The Kier molecular flexibility index (Phi) is 6.05. The van der Waals surface area contributed by atoms with Crippen molar-refractivity contribution in [2.75, 3.05) is 0 Å². The molecule has 11 rings (SSSR count). The number of thiophene rings is 1. The van der Waals surface area contributed by atoms with Gasteiger partial charge < -0.3 is 8.98 Å². The van der Waals surface area contributed by atoms with Crippen LogP contribution in [0.2, 0.25) is 0 Å². The second-order valence-corrected chi connectivity index (χ2v) is 13.9. The lowest BCUT2D eigenvalue weighted by atomic mass is 10.0. The van der Waals surface area contributed by atoms with Gasteiger partial charge in [-0.15, -0.1) is 11.3 Å². The predicted molar refractivity (Wildman–Crippen MR) is 211 cm³/mol. The summed E-state index contributed by atoms with van der Waals surface area (Å²) in [6, 6.07) is 54.8. The first-order chi connectivity index (χ1) is 25.3. The molecule has 6 heteroatoms. The fourth-order valence-corrected chi connectivity index (χ4v) is 8.72. The highest BCUT2D eigenvalue weighted by atomic mass is 32.1. The summed E-state index contributed by atoms with van der Waals surface area (Å²) in [6.07, 6.45) is 0. The third kappa shape index (κ3) is 4.30. The third-order valence-corrected chi connectivity index (χ3v) is 11.0. The molecular weight excluding hydrogens is 645 g/mol. The van der Waals surface area contributed by atoms with Gasteiger partial charge in [-0.25, -0.2) is 15.0 Å². The van der Waals surface area contributed by atoms with Gasteiger partial charge >= 0.3 is 0 Å². The molecule has 0 aliphatic heterocycles. The fourth-order valence-electron chi connectivity index (χ4n) is 7.58. The van der Waals surface area contributed by atoms with E-state index in [1.807, 2.05) is 30.3 Å². The number of aromatic nitrogens is 4. The second-order valence-electron chi connectivity index (χ2n) is 12.8. The molecule has 4 aromatic heterocycles. The predicted octanol–water partition coefficient (Wildman–Crippen LogP) is 12.2. The van der Waals surface area contributed by atoms with Crippen LogP contribution in [0.1, 0.15) is 0 Å². The van der Waals surface area contributed by atoms with E-state index in [1.165, 1.54) is 20.2 Å². The minimum atomic E-state index is 0.601. The molecule has 0 fully saturated rings. The van der Waals surface area contributed by atoms with Crippen molar-refractivity contribution < 1.29 is 4.42 Å². The van der Waals surface area contributed by atoms with E-state index >= 15 is 0 Å². The van der Waals surface area contributed by atoms with Gasteiger partial charge in [0.15, 0.2) is 17.5 Å². The van der Waals surface area contributed by atoms with Gasteiger partial charge in [-0.2, -0.15) is 0 Å². The monoisotopic (exact) mass is 670 g/mol. The lowest BCUT2D eigenvalue weighted by molar-refractivity contribution is 0.673. The van der Waals surface area contributed by atoms with Crippen LogP contribution in [0.5, 0.6) is 0 Å². The lowest BCUT2D eigenvalue weighted by Gasteiger charge is -2.09. The smallest absolute Gasteiger partial charge is 0.164 e. The highest BCUT2D eigenvalue weighted by Gasteiger charge is 2.20. The maximum Gasteiger partial charge on any atom is 0.164 e. The van der Waals surface area contributed by atoms with Crippen LogP contribution in [-0.2, 0) is 0 Å². The number of fused-ring (bicyclic) bond motifs is 10. The minimum absolute atomic E-state index is 0.601. The van der Waals surface area contributed by atoms with E-state index in [0.717, 1.165) is 66.1 Å². The maximum atomic E-state index is 6.83. The van der Waals surface area contributed by atoms with Crippen LogP contribution in [-0.4, -0.2) is 19.5 Å². The molecule has 0 aliphatic rings. The second kappa shape index (κ2) is 10.9. The maximum absolute atomic E-state index is 6.83. The molecule has 7 aromatic carbocycles. The summed E-state index contributed by atoms with van der Waals surface area (Å²) >= 11 is 1.79. The van der Waals surface area contributed by atoms with Crippen molar-refractivity contribution in [1.29, 1.82) is 0 Å². The Morgan fingerprint density at radius 1 is 0.451 bits per heavy atom. The van der Waals surface area contributed by atoms with Crippen molar-refractivity contribution in [3.05, 3.63) is 158 Å². The van der Waals surface area contributed by atoms with Crippen molar-refractivity contribution >= 4 is 75.3 Å². The van der Waals surface area contributed by atoms with Crippen LogP contribution in [0.15, 0.2) is 162 Å². The number of rotatable bonds is 4. The number of para-hydroxylation sites is 2. The molecule has 4 heterocycles. The van der Waals surface area contributed by atoms with E-state index in [2.05, 4.69) is 132 Å². The molecule has 11 aromatic rings. The molecule has 0 radical (unpaired) electrons. The molecule has 0 atom stereocenters. The first kappa shape index (κ1) is 28.2. The number of furan rings is 1. The Balaban J connectivity index is 1.14. The summed E-state index contributed by atoms with van der Waals surface area (Å²) in [5.41, 5.74) is 7.84. The van der Waals surface area contributed by atoms with E-state index in [1.54, 1.807) is 11.3 Å². The zero-order valence-electron chi connectivity index (χ0n) is 27.1. The Morgan fingerprint density at radius 2 is 1.14 bits per heavy atom. The van der Waals surface area contributed by atoms with Crippen molar-refractivity contribution in [1.82, 2.24) is 19.5 Å². The minimum Gasteiger partial charge on any atom is -0.455 e. The normalized spacial score (nSPS) is 11.9. The fraction of sp³-hybridized carbons (Fsp3) is 0. The average Bonchev–Trinajstić information content (AvgIpc) is 3.87. The van der Waals surface area contributed by atoms with E-state index in [4.69, 9.17) is 19.4 Å². The van der Waals surface area contributed by atoms with Gasteiger partial charge in [-0.3, -0.25) is 0 Å². The van der Waals surface area contributed by atoms with Crippen molar-refractivity contribution in [3.8, 4) is 39.9 Å². The summed E-state index contributed by atoms with van der Waals surface area (Å²) in [6.45, 7) is 0. The molecule has 0 amide bonds. The number of hydrogen-bond acceptors (Lipinski definition) is 5. The van der Waals surface area contributed by atoms with Gasteiger partial charge in [0.05, 0.1) is 16.4 Å². The molecule has 0 bridgehead atoms. The highest BCUT2D eigenvalue weighted by Crippen LogP contribution is 2.42. The molecule has 0 saturated heterocycles. The molecular formula is C45H26N4OS. The summed E-state index contributed by atoms with van der Waals surface area (Å²) < 4.78 is 11.6. The quantitative estimate of drug-likeness (QED) is 0.187. The van der Waals surface area contributed by atoms with E-state index < -0.39 is 0 Å². The highest BCUT2D eigenvalue weighted by molar-refractivity contribution is 7.25. The van der Waals surface area contributed by atoms with Crippen molar-refractivity contribution in [2.24, 2.45) is 0 Å². The number of hydrogen-bond donors (Lipinski definition) is 0. The molecule has 0 unspecified atom stereocenters. The first-order valence-corrected chi connectivity index (χ1v) is 17.8. The van der Waals surface area contributed by atoms with Gasteiger partial charge in [0.25, 0.3) is 0 Å². The third-order valence-electron chi connectivity index (χ3n) is 9.86. The van der Waals surface area contributed by atoms with E-state index in [9.17, 15) is 0 Å². The Bertz CT molecular complexity index is 3140. The summed E-state index contributed by atoms with van der Waals surface area (Å²) in [5, 5.41) is 6.78. The SMILES string of the molecule is c1ccc(-c2nc(-c3ccc4c(c3)oc3c4ccc4c3c3ccccc3n4-c3ccccc3)nc(-c3cccc4sc5ccccc5c34)n2)cc1. The zero-order chi connectivity index (χ0) is 33.5. The number of nitrogens with zero attached hydrogens (tertiary/aromatic N) is 4. The Hall–Kier alpha value is -6.63. The van der Waals surface area contributed by atoms with Gasteiger partial charge in [0, 0.05) is 58.7 Å². The molecule has 0 N–H and O–H groups in total. The van der Waals surface area contributed by atoms with Crippen LogP contribution in [0, 0.1) is 0 Å². The van der Waals surface area contributed by atoms with Crippen LogP contribution >= 0.6 is 11.3 Å². The van der Waals surface area contributed by atoms with Crippen LogP contribution in [0.4, 0.5) is 0 Å². The lowest BCUT2D eigenvalue weighted by Crippen LogP contribution is -2.00. The van der Waals surface area contributed by atoms with Gasteiger partial charge in [0.1, 0.15) is 11.2 Å². The molecule has 0 spiro atoms. The van der Waals surface area contributed by atoms with E-state index in [0.29, 0.717) is 17.5 Å². The topological polar surface area (TPSA) is 56.7 Å². The summed E-state index contributed by atoms with van der Waals surface area (Å²) in [7, 11) is 0. The van der Waals surface area contributed by atoms with Crippen LogP contribution in [0.25, 0.3) is 104 Å². The summed E-state index contributed by atoms with van der Waals surface area (Å²) in [5.74, 6) is 1.88. The standard InChI is InChI=1S/C45H26N4OS/c1-3-12-27(13-4-1)43-46-44(48-45(47-43)34-18-11-21-39-40(34)33-17-8-10-20-38(33)51-39)28-22-23-30-31-24-25-36-41(42(31)50-37(30)26-28)32-16-7-9-19-35(32)49(36)29-14-5-2-6-15-29/h1-26H.